The number of nitrogens with one attached hydrogen (secondary N) is 1. The molecular formula is C18H19ClN4O2. The van der Waals surface area contributed by atoms with Crippen molar-refractivity contribution in [1.82, 2.24) is 20.3 Å². The lowest BCUT2D eigenvalue weighted by Gasteiger charge is -2.11. The summed E-state index contributed by atoms with van der Waals surface area (Å²) in [6.07, 6.45) is 3.12. The molecule has 2 heterocycles. The maximum absolute atomic E-state index is 12.7. The van der Waals surface area contributed by atoms with Gasteiger partial charge in [-0.15, -0.1) is 5.10 Å². The van der Waals surface area contributed by atoms with Gasteiger partial charge in [0.1, 0.15) is 5.76 Å². The Morgan fingerprint density at radius 2 is 2.20 bits per heavy atom. The predicted molar refractivity (Wildman–Crippen MR) is 95.0 cm³/mol. The third-order valence-corrected chi connectivity index (χ3v) is 4.07. The molecule has 0 aliphatic rings. The molecule has 3 aromatic rings. The minimum absolute atomic E-state index is 0.256. The highest BCUT2D eigenvalue weighted by molar-refractivity contribution is 6.30. The SMILES string of the molecule is CCCc1c(C(=O)NC(C)c2ccco2)nnn1-c1cccc(Cl)c1. The summed E-state index contributed by atoms with van der Waals surface area (Å²) in [5.74, 6) is 0.410. The lowest BCUT2D eigenvalue weighted by molar-refractivity contribution is 0.0929. The number of halogens is 1. The molecule has 0 saturated heterocycles. The fourth-order valence-corrected chi connectivity index (χ4v) is 2.81. The molecule has 0 saturated carbocycles. The van der Waals surface area contributed by atoms with Crippen molar-refractivity contribution in [3.8, 4) is 5.69 Å². The van der Waals surface area contributed by atoms with Crippen molar-refractivity contribution in [1.29, 1.82) is 0 Å². The van der Waals surface area contributed by atoms with Crippen molar-refractivity contribution >= 4 is 17.5 Å². The molecule has 0 radical (unpaired) electrons. The number of nitrogens with zero attached hydrogens (tertiary/aromatic N) is 3. The van der Waals surface area contributed by atoms with Crippen LogP contribution >= 0.6 is 11.6 Å². The fourth-order valence-electron chi connectivity index (χ4n) is 2.63. The number of rotatable bonds is 6. The average Bonchev–Trinajstić information content (AvgIpc) is 3.25. The molecule has 0 aliphatic heterocycles. The van der Waals surface area contributed by atoms with Gasteiger partial charge in [0, 0.05) is 5.02 Å². The van der Waals surface area contributed by atoms with E-state index in [2.05, 4.69) is 15.6 Å². The van der Waals surface area contributed by atoms with Crippen LogP contribution in [0, 0.1) is 0 Å². The van der Waals surface area contributed by atoms with Crippen molar-refractivity contribution in [3.05, 3.63) is 64.8 Å². The molecule has 7 heteroatoms. The first-order valence-electron chi connectivity index (χ1n) is 8.15. The summed E-state index contributed by atoms with van der Waals surface area (Å²) < 4.78 is 7.00. The van der Waals surface area contributed by atoms with Crippen LogP contribution in [-0.4, -0.2) is 20.9 Å². The van der Waals surface area contributed by atoms with Gasteiger partial charge in [0.15, 0.2) is 5.69 Å². The molecule has 1 amide bonds. The van der Waals surface area contributed by atoms with Crippen LogP contribution in [0.25, 0.3) is 5.69 Å². The number of carbonyl (C=O) groups is 1. The smallest absolute Gasteiger partial charge is 0.274 e. The number of carbonyl (C=O) groups excluding carboxylic acids is 1. The molecule has 25 heavy (non-hydrogen) atoms. The van der Waals surface area contributed by atoms with E-state index in [0.29, 0.717) is 22.9 Å². The van der Waals surface area contributed by atoms with Crippen LogP contribution in [0.5, 0.6) is 0 Å². The van der Waals surface area contributed by atoms with E-state index < -0.39 is 0 Å². The molecule has 2 aromatic heterocycles. The summed E-state index contributed by atoms with van der Waals surface area (Å²) in [7, 11) is 0. The van der Waals surface area contributed by atoms with E-state index in [4.69, 9.17) is 16.0 Å². The van der Waals surface area contributed by atoms with Crippen molar-refractivity contribution in [2.24, 2.45) is 0 Å². The Labute approximate surface area is 150 Å². The van der Waals surface area contributed by atoms with Gasteiger partial charge in [-0.2, -0.15) is 0 Å². The van der Waals surface area contributed by atoms with E-state index in [1.807, 2.05) is 32.0 Å². The molecule has 6 nitrogen and oxygen atoms in total. The minimum Gasteiger partial charge on any atom is -0.467 e. The van der Waals surface area contributed by atoms with Crippen LogP contribution in [0.3, 0.4) is 0 Å². The Morgan fingerprint density at radius 1 is 1.36 bits per heavy atom. The van der Waals surface area contributed by atoms with Crippen LogP contribution < -0.4 is 5.32 Å². The molecule has 1 aromatic carbocycles. The first-order valence-corrected chi connectivity index (χ1v) is 8.52. The van der Waals surface area contributed by atoms with E-state index in [1.165, 1.54) is 0 Å². The van der Waals surface area contributed by atoms with Gasteiger partial charge >= 0.3 is 0 Å². The van der Waals surface area contributed by atoms with E-state index in [1.54, 1.807) is 29.1 Å². The maximum atomic E-state index is 12.7. The minimum atomic E-state index is -0.277. The topological polar surface area (TPSA) is 73.0 Å². The summed E-state index contributed by atoms with van der Waals surface area (Å²) in [6, 6.07) is 10.7. The number of benzene rings is 1. The van der Waals surface area contributed by atoms with Gasteiger partial charge in [0.05, 0.1) is 23.7 Å². The second-order valence-electron chi connectivity index (χ2n) is 5.74. The number of aromatic nitrogens is 3. The highest BCUT2D eigenvalue weighted by atomic mass is 35.5. The summed E-state index contributed by atoms with van der Waals surface area (Å²) >= 11 is 6.07. The molecule has 0 bridgehead atoms. The zero-order valence-electron chi connectivity index (χ0n) is 14.1. The van der Waals surface area contributed by atoms with Gasteiger partial charge in [-0.3, -0.25) is 4.79 Å². The number of amides is 1. The molecular weight excluding hydrogens is 340 g/mol. The Kier molecular flexibility index (Phi) is 5.19. The molecule has 0 spiro atoms. The van der Waals surface area contributed by atoms with Crippen LogP contribution in [-0.2, 0) is 6.42 Å². The Morgan fingerprint density at radius 3 is 2.88 bits per heavy atom. The lowest BCUT2D eigenvalue weighted by Crippen LogP contribution is -2.27. The van der Waals surface area contributed by atoms with E-state index in [9.17, 15) is 4.79 Å². The molecule has 0 fully saturated rings. The molecule has 1 atom stereocenters. The number of hydrogen-bond acceptors (Lipinski definition) is 4. The molecule has 1 N–H and O–H groups in total. The van der Waals surface area contributed by atoms with Gasteiger partial charge in [0.2, 0.25) is 0 Å². The monoisotopic (exact) mass is 358 g/mol. The summed E-state index contributed by atoms with van der Waals surface area (Å²) in [5, 5.41) is 11.8. The number of furan rings is 1. The van der Waals surface area contributed by atoms with Crippen LogP contribution in [0.15, 0.2) is 47.1 Å². The van der Waals surface area contributed by atoms with Crippen LogP contribution in [0.1, 0.15) is 48.3 Å². The second-order valence-corrected chi connectivity index (χ2v) is 6.17. The first-order chi connectivity index (χ1) is 12.1. The highest BCUT2D eigenvalue weighted by Crippen LogP contribution is 2.19. The van der Waals surface area contributed by atoms with Gasteiger partial charge in [0.25, 0.3) is 5.91 Å². The predicted octanol–water partition coefficient (Wildman–Crippen LogP) is 3.96. The molecule has 3 rings (SSSR count). The summed E-state index contributed by atoms with van der Waals surface area (Å²) in [5.41, 5.74) is 1.86. The van der Waals surface area contributed by atoms with E-state index in [0.717, 1.165) is 17.8 Å². The quantitative estimate of drug-likeness (QED) is 0.723. The normalized spacial score (nSPS) is 12.1. The van der Waals surface area contributed by atoms with E-state index >= 15 is 0 Å². The molecule has 130 valence electrons. The third kappa shape index (κ3) is 3.74. The average molecular weight is 359 g/mol. The third-order valence-electron chi connectivity index (χ3n) is 3.84. The zero-order valence-corrected chi connectivity index (χ0v) is 14.8. The van der Waals surface area contributed by atoms with Crippen LogP contribution in [0.2, 0.25) is 5.02 Å². The fraction of sp³-hybridized carbons (Fsp3) is 0.278. The summed E-state index contributed by atoms with van der Waals surface area (Å²) in [6.45, 7) is 3.90. The second kappa shape index (κ2) is 7.53. The van der Waals surface area contributed by atoms with Gasteiger partial charge in [-0.25, -0.2) is 4.68 Å². The van der Waals surface area contributed by atoms with Gasteiger partial charge in [-0.1, -0.05) is 36.2 Å². The van der Waals surface area contributed by atoms with Crippen LogP contribution in [0.4, 0.5) is 0 Å². The highest BCUT2D eigenvalue weighted by Gasteiger charge is 2.22. The Balaban J connectivity index is 1.89. The zero-order chi connectivity index (χ0) is 17.8. The molecule has 0 aliphatic carbocycles. The largest absolute Gasteiger partial charge is 0.467 e. The van der Waals surface area contributed by atoms with Gasteiger partial charge in [-0.05, 0) is 43.7 Å². The van der Waals surface area contributed by atoms with Crippen molar-refractivity contribution in [2.45, 2.75) is 32.7 Å². The van der Waals surface area contributed by atoms with E-state index in [-0.39, 0.29) is 11.9 Å². The van der Waals surface area contributed by atoms with Crippen molar-refractivity contribution in [3.63, 3.8) is 0 Å². The van der Waals surface area contributed by atoms with Crippen molar-refractivity contribution < 1.29 is 9.21 Å². The summed E-state index contributed by atoms with van der Waals surface area (Å²) in [4.78, 5) is 12.7. The van der Waals surface area contributed by atoms with Gasteiger partial charge < -0.3 is 9.73 Å². The Hall–Kier alpha value is -2.60. The van der Waals surface area contributed by atoms with Crippen molar-refractivity contribution in [2.75, 3.05) is 0 Å². The number of hydrogen-bond donors (Lipinski definition) is 1. The standard InChI is InChI=1S/C18H19ClN4O2/c1-3-6-15-17(18(24)20-12(2)16-9-5-10-25-16)21-22-23(15)14-8-4-7-13(19)11-14/h4-5,7-12H,3,6H2,1-2H3,(H,20,24). The first kappa shape index (κ1) is 17.2. The maximum Gasteiger partial charge on any atom is 0.274 e. The molecule has 1 unspecified atom stereocenters. The Bertz CT molecular complexity index is 858. The lowest BCUT2D eigenvalue weighted by atomic mass is 10.1.